The maximum atomic E-state index is 12.0. The Bertz CT molecular complexity index is 719. The molecule has 0 spiro atoms. The van der Waals surface area contributed by atoms with Crippen molar-refractivity contribution < 1.29 is 14.3 Å². The molecule has 1 heterocycles. The van der Waals surface area contributed by atoms with Gasteiger partial charge in [0.2, 0.25) is 0 Å². The van der Waals surface area contributed by atoms with E-state index in [1.54, 1.807) is 18.9 Å². The molecule has 0 bridgehead atoms. The van der Waals surface area contributed by atoms with Crippen LogP contribution in [0.1, 0.15) is 16.1 Å². The van der Waals surface area contributed by atoms with Crippen molar-refractivity contribution in [3.8, 4) is 16.9 Å². The van der Waals surface area contributed by atoms with Gasteiger partial charge in [-0.15, -0.1) is 11.8 Å². The fraction of sp³-hybridized carbons (Fsp3) is 0.250. The van der Waals surface area contributed by atoms with Gasteiger partial charge in [0.15, 0.2) is 0 Å². The molecule has 116 valence electrons. The fourth-order valence-electron chi connectivity index (χ4n) is 2.13. The van der Waals surface area contributed by atoms with Gasteiger partial charge in [0.1, 0.15) is 5.75 Å². The minimum atomic E-state index is -0.422. The van der Waals surface area contributed by atoms with Gasteiger partial charge < -0.3 is 9.47 Å². The molecule has 2 aromatic rings. The van der Waals surface area contributed by atoms with E-state index in [0.29, 0.717) is 11.3 Å². The summed E-state index contributed by atoms with van der Waals surface area (Å²) < 4.78 is 11.3. The van der Waals surface area contributed by atoms with Crippen LogP contribution in [0.15, 0.2) is 33.8 Å². The molecule has 0 unspecified atom stereocenters. The Kier molecular flexibility index (Phi) is 5.47. The molecule has 0 N–H and O–H groups in total. The third-order valence-corrected chi connectivity index (χ3v) is 4.91. The lowest BCUT2D eigenvalue weighted by Crippen LogP contribution is -2.05. The molecular weight excluding hydrogens is 366 g/mol. The first kappa shape index (κ1) is 16.8. The third-order valence-electron chi connectivity index (χ3n) is 3.21. The second-order valence-electron chi connectivity index (χ2n) is 4.55. The number of rotatable bonds is 4. The molecule has 1 aromatic heterocycles. The molecule has 4 nitrogen and oxygen atoms in total. The van der Waals surface area contributed by atoms with E-state index in [0.717, 1.165) is 26.2 Å². The van der Waals surface area contributed by atoms with Gasteiger partial charge in [-0.05, 0) is 47.3 Å². The van der Waals surface area contributed by atoms with E-state index in [-0.39, 0.29) is 0 Å². The lowest BCUT2D eigenvalue weighted by atomic mass is 9.99. The molecule has 0 aliphatic heterocycles. The fourth-order valence-corrected chi connectivity index (χ4v) is 3.43. The van der Waals surface area contributed by atoms with Gasteiger partial charge in [-0.25, -0.2) is 4.79 Å². The lowest BCUT2D eigenvalue weighted by molar-refractivity contribution is 0.0601. The molecule has 0 aliphatic carbocycles. The molecule has 0 saturated carbocycles. The molecule has 6 heteroatoms. The molecule has 0 radical (unpaired) electrons. The number of pyridine rings is 1. The normalized spacial score (nSPS) is 10.4. The zero-order valence-corrected chi connectivity index (χ0v) is 15.2. The predicted octanol–water partition coefficient (Wildman–Crippen LogP) is 4.34. The lowest BCUT2D eigenvalue weighted by Gasteiger charge is -2.15. The molecule has 0 atom stereocenters. The second kappa shape index (κ2) is 7.15. The van der Waals surface area contributed by atoms with E-state index in [1.807, 2.05) is 31.4 Å². The van der Waals surface area contributed by atoms with Crippen molar-refractivity contribution in [2.75, 3.05) is 20.5 Å². The van der Waals surface area contributed by atoms with Crippen LogP contribution >= 0.6 is 27.7 Å². The first-order valence-corrected chi connectivity index (χ1v) is 8.50. The number of methoxy groups -OCH3 is 2. The Morgan fingerprint density at radius 3 is 2.55 bits per heavy atom. The molecule has 0 fully saturated rings. The van der Waals surface area contributed by atoms with Crippen molar-refractivity contribution in [1.29, 1.82) is 0 Å². The molecule has 22 heavy (non-hydrogen) atoms. The Morgan fingerprint density at radius 2 is 1.95 bits per heavy atom. The number of hydrogen-bond acceptors (Lipinski definition) is 5. The summed E-state index contributed by atoms with van der Waals surface area (Å²) in [7, 11) is 2.97. The van der Waals surface area contributed by atoms with Gasteiger partial charge in [-0.1, -0.05) is 0 Å². The molecule has 2 rings (SSSR count). The summed E-state index contributed by atoms with van der Waals surface area (Å²) in [5.74, 6) is 0.276. The number of esters is 1. The van der Waals surface area contributed by atoms with Crippen LogP contribution in [-0.2, 0) is 4.74 Å². The zero-order valence-electron chi connectivity index (χ0n) is 12.8. The van der Waals surface area contributed by atoms with Crippen LogP contribution in [0.5, 0.6) is 5.75 Å². The van der Waals surface area contributed by atoms with Gasteiger partial charge in [0.25, 0.3) is 0 Å². The van der Waals surface area contributed by atoms with Crippen LogP contribution in [0, 0.1) is 6.92 Å². The summed E-state index contributed by atoms with van der Waals surface area (Å²) in [5.41, 5.74) is 2.78. The highest BCUT2D eigenvalue weighted by Gasteiger charge is 2.19. The van der Waals surface area contributed by atoms with Crippen LogP contribution in [0.3, 0.4) is 0 Å². The van der Waals surface area contributed by atoms with Crippen molar-refractivity contribution in [3.63, 3.8) is 0 Å². The van der Waals surface area contributed by atoms with Gasteiger partial charge in [0, 0.05) is 32.4 Å². The topological polar surface area (TPSA) is 48.4 Å². The van der Waals surface area contributed by atoms with E-state index >= 15 is 0 Å². The number of aryl methyl sites for hydroxylation is 1. The van der Waals surface area contributed by atoms with Crippen molar-refractivity contribution >= 4 is 33.7 Å². The van der Waals surface area contributed by atoms with Gasteiger partial charge in [0.05, 0.1) is 19.8 Å². The Balaban J connectivity index is 2.73. The number of benzene rings is 1. The van der Waals surface area contributed by atoms with Crippen LogP contribution in [0.4, 0.5) is 0 Å². The number of aromatic nitrogens is 1. The molecule has 0 amide bonds. The number of nitrogens with zero attached hydrogens (tertiary/aromatic N) is 1. The maximum Gasteiger partial charge on any atom is 0.340 e. The Labute approximate surface area is 142 Å². The largest absolute Gasteiger partial charge is 0.496 e. The summed E-state index contributed by atoms with van der Waals surface area (Å²) in [5, 5.41) is 0. The smallest absolute Gasteiger partial charge is 0.340 e. The minimum Gasteiger partial charge on any atom is -0.496 e. The van der Waals surface area contributed by atoms with Gasteiger partial charge in [-0.2, -0.15) is 0 Å². The highest BCUT2D eigenvalue weighted by Crippen LogP contribution is 2.39. The van der Waals surface area contributed by atoms with E-state index in [2.05, 4.69) is 20.9 Å². The second-order valence-corrected chi connectivity index (χ2v) is 6.25. The molecule has 0 aliphatic rings. The Hall–Kier alpha value is -1.53. The van der Waals surface area contributed by atoms with Crippen LogP contribution in [0.25, 0.3) is 11.1 Å². The van der Waals surface area contributed by atoms with E-state index in [1.165, 1.54) is 13.3 Å². The van der Waals surface area contributed by atoms with Crippen molar-refractivity contribution in [2.24, 2.45) is 0 Å². The first-order chi connectivity index (χ1) is 10.5. The first-order valence-electron chi connectivity index (χ1n) is 6.48. The standard InChI is InChI=1S/C16H16BrNO3S/c1-9-5-10(12(8-18-9)16(19)21-3)11-6-13(17)15(22-4)7-14(11)20-2/h5-8H,1-4H3. The summed E-state index contributed by atoms with van der Waals surface area (Å²) in [4.78, 5) is 17.3. The SMILES string of the molecule is COC(=O)c1cnc(C)cc1-c1cc(Br)c(SC)cc1OC. The predicted molar refractivity (Wildman–Crippen MR) is 91.8 cm³/mol. The zero-order chi connectivity index (χ0) is 16.3. The van der Waals surface area contributed by atoms with E-state index < -0.39 is 5.97 Å². The third kappa shape index (κ3) is 3.28. The molecule has 1 aromatic carbocycles. The summed E-state index contributed by atoms with van der Waals surface area (Å²) >= 11 is 5.17. The minimum absolute atomic E-state index is 0.412. The average molecular weight is 382 g/mol. The number of carbonyl (C=O) groups excluding carboxylic acids is 1. The highest BCUT2D eigenvalue weighted by atomic mass is 79.9. The van der Waals surface area contributed by atoms with E-state index in [9.17, 15) is 4.79 Å². The average Bonchev–Trinajstić information content (AvgIpc) is 2.53. The summed E-state index contributed by atoms with van der Waals surface area (Å²) in [6.07, 6.45) is 3.53. The number of carbonyl (C=O) groups is 1. The monoisotopic (exact) mass is 381 g/mol. The van der Waals surface area contributed by atoms with E-state index in [4.69, 9.17) is 9.47 Å². The van der Waals surface area contributed by atoms with Crippen molar-refractivity contribution in [1.82, 2.24) is 4.98 Å². The van der Waals surface area contributed by atoms with Crippen molar-refractivity contribution in [2.45, 2.75) is 11.8 Å². The molecule has 0 saturated heterocycles. The maximum absolute atomic E-state index is 12.0. The Morgan fingerprint density at radius 1 is 1.23 bits per heavy atom. The number of ether oxygens (including phenoxy) is 2. The van der Waals surface area contributed by atoms with Crippen LogP contribution < -0.4 is 4.74 Å². The van der Waals surface area contributed by atoms with Crippen LogP contribution in [-0.4, -0.2) is 31.4 Å². The highest BCUT2D eigenvalue weighted by molar-refractivity contribution is 9.10. The summed E-state index contributed by atoms with van der Waals surface area (Å²) in [6.45, 7) is 1.88. The summed E-state index contributed by atoms with van der Waals surface area (Å²) in [6, 6.07) is 5.75. The number of thioether (sulfide) groups is 1. The van der Waals surface area contributed by atoms with Crippen molar-refractivity contribution in [3.05, 3.63) is 40.1 Å². The van der Waals surface area contributed by atoms with Gasteiger partial charge in [-0.3, -0.25) is 4.98 Å². The number of halogens is 1. The quantitative estimate of drug-likeness (QED) is 0.582. The number of hydrogen-bond donors (Lipinski definition) is 0. The van der Waals surface area contributed by atoms with Gasteiger partial charge >= 0.3 is 5.97 Å². The van der Waals surface area contributed by atoms with Crippen LogP contribution in [0.2, 0.25) is 0 Å². The molecular formula is C16H16BrNO3S.